The van der Waals surface area contributed by atoms with Crippen LogP contribution in [0.5, 0.6) is 11.5 Å². The zero-order chi connectivity index (χ0) is 28.7. The fourth-order valence-corrected chi connectivity index (χ4v) is 8.70. The molecule has 0 unspecified atom stereocenters. The van der Waals surface area contributed by atoms with Crippen LogP contribution < -0.4 is 20.7 Å². The predicted octanol–water partition coefficient (Wildman–Crippen LogP) is 8.49. The maximum Gasteiger partial charge on any atom is 0.171 e. The van der Waals surface area contributed by atoms with E-state index in [0.29, 0.717) is 0 Å². The summed E-state index contributed by atoms with van der Waals surface area (Å²) in [5, 5.41) is 2.46. The molecule has 1 aromatic heterocycles. The van der Waals surface area contributed by atoms with E-state index in [-0.39, 0.29) is 5.41 Å². The average molecular weight is 564 g/mol. The normalized spacial score (nSPS) is 13.5. The molecule has 0 fully saturated rings. The van der Waals surface area contributed by atoms with Crippen molar-refractivity contribution >= 4 is 23.1 Å². The van der Waals surface area contributed by atoms with Crippen molar-refractivity contribution in [3.63, 3.8) is 0 Å². The number of nitrogens with zero attached hydrogens (tertiary/aromatic N) is 1. The molecule has 4 heteroatoms. The Hall–Kier alpha value is -4.72. The Balaban J connectivity index is 1.31. The Morgan fingerprint density at radius 3 is 1.64 bits per heavy atom. The number of benzene rings is 5. The molecule has 2 heterocycles. The second kappa shape index (κ2) is 10.3. The summed E-state index contributed by atoms with van der Waals surface area (Å²) in [6.07, 6.45) is 3.66. The van der Waals surface area contributed by atoms with Crippen molar-refractivity contribution in [1.82, 2.24) is 4.98 Å². The summed E-state index contributed by atoms with van der Waals surface area (Å²) >= 11 is 0. The minimum atomic E-state index is -3.08. The van der Waals surface area contributed by atoms with Crippen LogP contribution in [0.25, 0.3) is 22.3 Å². The summed E-state index contributed by atoms with van der Waals surface area (Å²) < 4.78 is 21.6. The molecule has 1 aliphatic heterocycles. The van der Waals surface area contributed by atoms with Crippen molar-refractivity contribution in [2.45, 2.75) is 19.3 Å². The van der Waals surface area contributed by atoms with E-state index in [2.05, 4.69) is 73.4 Å². The first kappa shape index (κ1) is 26.2. The van der Waals surface area contributed by atoms with E-state index >= 15 is 0 Å². The zero-order valence-electron chi connectivity index (χ0n) is 23.6. The lowest BCUT2D eigenvalue weighted by Gasteiger charge is -2.35. The third kappa shape index (κ3) is 4.38. The van der Waals surface area contributed by atoms with E-state index in [9.17, 15) is 4.57 Å². The number of ether oxygens (including phenoxy) is 1. The molecule has 0 bridgehead atoms. The van der Waals surface area contributed by atoms with Crippen LogP contribution >= 0.6 is 7.14 Å². The second-order valence-corrected chi connectivity index (χ2v) is 14.0. The van der Waals surface area contributed by atoms with Crippen LogP contribution in [0, 0.1) is 0 Å². The summed E-state index contributed by atoms with van der Waals surface area (Å²) in [5.74, 6) is 1.70. The molecular formula is C38H30NO2P. The van der Waals surface area contributed by atoms with Crippen LogP contribution in [0.15, 0.2) is 146 Å². The van der Waals surface area contributed by atoms with Crippen LogP contribution in [0.1, 0.15) is 25.0 Å². The average Bonchev–Trinajstić information content (AvgIpc) is 3.05. The van der Waals surface area contributed by atoms with E-state index in [1.54, 1.807) is 6.20 Å². The fraction of sp³-hybridized carbons (Fsp3) is 0.0789. The molecule has 204 valence electrons. The van der Waals surface area contributed by atoms with Crippen molar-refractivity contribution in [3.05, 3.63) is 157 Å². The van der Waals surface area contributed by atoms with Gasteiger partial charge in [-0.25, -0.2) is 0 Å². The van der Waals surface area contributed by atoms with Crippen LogP contribution in [0.2, 0.25) is 0 Å². The van der Waals surface area contributed by atoms with Crippen molar-refractivity contribution in [2.75, 3.05) is 0 Å². The minimum Gasteiger partial charge on any atom is -0.457 e. The van der Waals surface area contributed by atoms with Gasteiger partial charge in [0.2, 0.25) is 0 Å². The maximum atomic E-state index is 15.0. The molecule has 3 nitrogen and oxygen atoms in total. The van der Waals surface area contributed by atoms with Gasteiger partial charge in [0.1, 0.15) is 11.5 Å². The lowest BCUT2D eigenvalue weighted by Crippen LogP contribution is -2.25. The molecule has 0 saturated carbocycles. The third-order valence-electron chi connectivity index (χ3n) is 8.31. The molecule has 0 amide bonds. The van der Waals surface area contributed by atoms with Crippen LogP contribution in [0.3, 0.4) is 0 Å². The molecule has 42 heavy (non-hydrogen) atoms. The quantitative estimate of drug-likeness (QED) is 0.198. The van der Waals surface area contributed by atoms with Gasteiger partial charge in [0, 0.05) is 50.4 Å². The zero-order valence-corrected chi connectivity index (χ0v) is 24.5. The van der Waals surface area contributed by atoms with Gasteiger partial charge in [-0.3, -0.25) is 4.98 Å². The highest BCUT2D eigenvalue weighted by atomic mass is 31.2. The first-order valence-corrected chi connectivity index (χ1v) is 15.8. The molecule has 0 aliphatic carbocycles. The smallest absolute Gasteiger partial charge is 0.171 e. The summed E-state index contributed by atoms with van der Waals surface area (Å²) in [5.41, 5.74) is 6.21. The number of fused-ring (bicyclic) bond motifs is 2. The van der Waals surface area contributed by atoms with Crippen LogP contribution in [-0.4, -0.2) is 4.98 Å². The minimum absolute atomic E-state index is 0.229. The van der Waals surface area contributed by atoms with Gasteiger partial charge in [-0.1, -0.05) is 123 Å². The summed E-state index contributed by atoms with van der Waals surface area (Å²) in [6.45, 7) is 4.49. The van der Waals surface area contributed by atoms with Crippen molar-refractivity contribution in [2.24, 2.45) is 0 Å². The Labute approximate surface area is 246 Å². The van der Waals surface area contributed by atoms with E-state index in [4.69, 9.17) is 4.74 Å². The summed E-state index contributed by atoms with van der Waals surface area (Å²) in [7, 11) is -3.08. The Bertz CT molecular complexity index is 1910. The van der Waals surface area contributed by atoms with E-state index in [1.165, 1.54) is 0 Å². The second-order valence-electron chi connectivity index (χ2n) is 11.2. The lowest BCUT2D eigenvalue weighted by atomic mass is 9.75. The van der Waals surface area contributed by atoms with Gasteiger partial charge in [0.25, 0.3) is 0 Å². The molecule has 7 rings (SSSR count). The lowest BCUT2D eigenvalue weighted by molar-refractivity contribution is 0.418. The Kier molecular flexibility index (Phi) is 6.41. The number of hydrogen-bond donors (Lipinski definition) is 0. The monoisotopic (exact) mass is 563 g/mol. The van der Waals surface area contributed by atoms with E-state index < -0.39 is 7.14 Å². The number of aromatic nitrogens is 1. The van der Waals surface area contributed by atoms with Gasteiger partial charge in [-0.15, -0.1) is 0 Å². The Morgan fingerprint density at radius 1 is 0.548 bits per heavy atom. The molecule has 0 spiro atoms. The molecule has 0 radical (unpaired) electrons. The highest BCUT2D eigenvalue weighted by Crippen LogP contribution is 2.50. The molecule has 0 atom stereocenters. The molecule has 5 aromatic carbocycles. The summed E-state index contributed by atoms with van der Waals surface area (Å²) in [6, 6.07) is 44.6. The Morgan fingerprint density at radius 2 is 1.07 bits per heavy atom. The third-order valence-corrected chi connectivity index (χ3v) is 11.4. The van der Waals surface area contributed by atoms with Gasteiger partial charge in [-0.05, 0) is 41.0 Å². The molecule has 0 saturated heterocycles. The van der Waals surface area contributed by atoms with Crippen molar-refractivity contribution in [1.29, 1.82) is 0 Å². The van der Waals surface area contributed by atoms with Gasteiger partial charge in [0.05, 0.1) is 0 Å². The van der Waals surface area contributed by atoms with E-state index in [0.717, 1.165) is 60.8 Å². The van der Waals surface area contributed by atoms with Gasteiger partial charge in [-0.2, -0.15) is 0 Å². The van der Waals surface area contributed by atoms with Gasteiger partial charge >= 0.3 is 0 Å². The highest BCUT2D eigenvalue weighted by Gasteiger charge is 2.35. The van der Waals surface area contributed by atoms with Gasteiger partial charge in [0.15, 0.2) is 7.14 Å². The molecule has 1 aliphatic rings. The molecule has 0 N–H and O–H groups in total. The number of hydrogen-bond acceptors (Lipinski definition) is 3. The predicted molar refractivity (Wildman–Crippen MR) is 173 cm³/mol. The number of pyridine rings is 1. The van der Waals surface area contributed by atoms with Gasteiger partial charge < -0.3 is 9.30 Å². The van der Waals surface area contributed by atoms with Crippen LogP contribution in [-0.2, 0) is 9.98 Å². The SMILES string of the molecule is CC1(C)c2ccc(-c3cccnc3)cc2Oc2cc(-c3cccc(P(=O)(c4ccccc4)c4ccccc4)c3)ccc21. The number of rotatable bonds is 5. The standard InChI is InChI=1S/C38H30NO2P/c1-38(2)34-20-18-28(24-36(34)41-37-25-29(19-21-35(37)38)30-12-10-22-39-26-30)27-11-9-17-33(23-27)42(40,31-13-5-3-6-14-31)32-15-7-4-8-16-32/h3-26H,1-2H3. The fourth-order valence-electron chi connectivity index (χ4n) is 6.01. The maximum absolute atomic E-state index is 15.0. The highest BCUT2D eigenvalue weighted by molar-refractivity contribution is 7.85. The topological polar surface area (TPSA) is 39.2 Å². The first-order chi connectivity index (χ1) is 20.4. The molecule has 6 aromatic rings. The first-order valence-electron chi connectivity index (χ1n) is 14.1. The molecular weight excluding hydrogens is 533 g/mol. The van der Waals surface area contributed by atoms with Crippen molar-refractivity contribution in [3.8, 4) is 33.8 Å². The van der Waals surface area contributed by atoms with E-state index in [1.807, 2.05) is 85.1 Å². The largest absolute Gasteiger partial charge is 0.457 e. The van der Waals surface area contributed by atoms with Crippen molar-refractivity contribution < 1.29 is 9.30 Å². The van der Waals surface area contributed by atoms with Crippen LogP contribution in [0.4, 0.5) is 0 Å². The summed E-state index contributed by atoms with van der Waals surface area (Å²) in [4.78, 5) is 4.28.